The van der Waals surface area contributed by atoms with E-state index in [4.69, 9.17) is 18.9 Å². The van der Waals surface area contributed by atoms with Gasteiger partial charge in [-0.15, -0.1) is 0 Å². The maximum absolute atomic E-state index is 6.10. The van der Waals surface area contributed by atoms with Gasteiger partial charge >= 0.3 is 0 Å². The summed E-state index contributed by atoms with van der Waals surface area (Å²) in [4.78, 5) is 0. The zero-order valence-corrected chi connectivity index (χ0v) is 17.0. The lowest BCUT2D eigenvalue weighted by Gasteiger charge is -2.40. The van der Waals surface area contributed by atoms with Crippen molar-refractivity contribution < 1.29 is 18.9 Å². The van der Waals surface area contributed by atoms with Crippen molar-refractivity contribution in [3.05, 3.63) is 0 Å². The first-order valence-corrected chi connectivity index (χ1v) is 11.3. The first kappa shape index (κ1) is 20.6. The van der Waals surface area contributed by atoms with Crippen LogP contribution in [0, 0.1) is 23.7 Å². The highest BCUT2D eigenvalue weighted by Gasteiger charge is 2.37. The summed E-state index contributed by atoms with van der Waals surface area (Å²) in [6.07, 6.45) is 12.9. The molecule has 3 aliphatic rings. The Hall–Kier alpha value is -0.160. The van der Waals surface area contributed by atoms with Crippen LogP contribution in [0.3, 0.4) is 0 Å². The van der Waals surface area contributed by atoms with Crippen molar-refractivity contribution in [1.29, 1.82) is 0 Å². The van der Waals surface area contributed by atoms with E-state index >= 15 is 0 Å². The minimum absolute atomic E-state index is 0.000732. The number of unbranched alkanes of at least 4 members (excludes halogenated alkanes) is 2. The highest BCUT2D eigenvalue weighted by atomic mass is 16.7. The molecule has 1 aliphatic carbocycles. The van der Waals surface area contributed by atoms with E-state index in [1.54, 1.807) is 0 Å². The van der Waals surface area contributed by atoms with Crippen LogP contribution in [0.1, 0.15) is 78.1 Å². The number of hydrogen-bond acceptors (Lipinski definition) is 4. The molecule has 3 fully saturated rings. The molecule has 26 heavy (non-hydrogen) atoms. The first-order chi connectivity index (χ1) is 12.8. The molecule has 0 atom stereocenters. The van der Waals surface area contributed by atoms with Gasteiger partial charge in [0.05, 0.1) is 32.3 Å². The summed E-state index contributed by atoms with van der Waals surface area (Å²) in [6, 6.07) is 0. The average molecular weight is 369 g/mol. The maximum Gasteiger partial charge on any atom is 0.164 e. The highest BCUT2D eigenvalue weighted by Crippen LogP contribution is 2.36. The van der Waals surface area contributed by atoms with E-state index in [2.05, 4.69) is 13.8 Å². The van der Waals surface area contributed by atoms with E-state index in [9.17, 15) is 0 Å². The van der Waals surface area contributed by atoms with Gasteiger partial charge in [-0.3, -0.25) is 0 Å². The van der Waals surface area contributed by atoms with Crippen LogP contribution in [0.25, 0.3) is 0 Å². The normalized spacial score (nSPS) is 39.0. The lowest BCUT2D eigenvalue weighted by Crippen LogP contribution is -2.46. The van der Waals surface area contributed by atoms with E-state index in [1.807, 2.05) is 0 Å². The molecule has 4 heteroatoms. The van der Waals surface area contributed by atoms with Gasteiger partial charge in [0.2, 0.25) is 0 Å². The van der Waals surface area contributed by atoms with Crippen LogP contribution in [0.2, 0.25) is 0 Å². The molecule has 0 aromatic carbocycles. The predicted octanol–water partition coefficient (Wildman–Crippen LogP) is 5.15. The molecule has 0 radical (unpaired) electrons. The molecule has 0 spiro atoms. The van der Waals surface area contributed by atoms with Gasteiger partial charge in [0, 0.05) is 11.8 Å². The lowest BCUT2D eigenvalue weighted by atomic mass is 9.79. The largest absolute Gasteiger partial charge is 0.352 e. The van der Waals surface area contributed by atoms with Crippen molar-refractivity contribution in [3.63, 3.8) is 0 Å². The highest BCUT2D eigenvalue weighted by molar-refractivity contribution is 4.78. The van der Waals surface area contributed by atoms with Gasteiger partial charge in [0.15, 0.2) is 12.6 Å². The second kappa shape index (κ2) is 11.0. The number of hydrogen-bond donors (Lipinski definition) is 0. The minimum Gasteiger partial charge on any atom is -0.352 e. The van der Waals surface area contributed by atoms with Gasteiger partial charge in [-0.25, -0.2) is 0 Å². The molecule has 0 aromatic rings. The summed E-state index contributed by atoms with van der Waals surface area (Å²) < 4.78 is 24.2. The van der Waals surface area contributed by atoms with Crippen molar-refractivity contribution in [2.24, 2.45) is 23.7 Å². The van der Waals surface area contributed by atoms with Crippen molar-refractivity contribution in [1.82, 2.24) is 0 Å². The SMILES string of the molecule is CCCCC[C@H]1CO[C@H]([C@H]2CO[C@H]([C@H]3CC[C@H](CCC)CC3)OC2)OC1. The Bertz CT molecular complexity index is 364. The Morgan fingerprint density at radius 2 is 1.19 bits per heavy atom. The third kappa shape index (κ3) is 5.92. The van der Waals surface area contributed by atoms with Gasteiger partial charge in [-0.2, -0.15) is 0 Å². The quantitative estimate of drug-likeness (QED) is 0.555. The van der Waals surface area contributed by atoms with Gasteiger partial charge < -0.3 is 18.9 Å². The third-order valence-corrected chi connectivity index (χ3v) is 6.52. The van der Waals surface area contributed by atoms with Crippen LogP contribution >= 0.6 is 0 Å². The summed E-state index contributed by atoms with van der Waals surface area (Å²) in [6.45, 7) is 7.63. The van der Waals surface area contributed by atoms with Crippen molar-refractivity contribution in [2.75, 3.05) is 26.4 Å². The van der Waals surface area contributed by atoms with E-state index < -0.39 is 0 Å². The van der Waals surface area contributed by atoms with E-state index in [-0.39, 0.29) is 18.5 Å². The molecule has 2 aliphatic heterocycles. The fraction of sp³-hybridized carbons (Fsp3) is 1.00. The molecule has 0 unspecified atom stereocenters. The summed E-state index contributed by atoms with van der Waals surface area (Å²) >= 11 is 0. The van der Waals surface area contributed by atoms with E-state index in [0.29, 0.717) is 25.0 Å². The molecule has 3 rings (SSSR count). The van der Waals surface area contributed by atoms with Crippen LogP contribution in [-0.2, 0) is 18.9 Å². The molecule has 4 nitrogen and oxygen atoms in total. The van der Waals surface area contributed by atoms with E-state index in [1.165, 1.54) is 64.2 Å². The zero-order valence-electron chi connectivity index (χ0n) is 17.0. The predicted molar refractivity (Wildman–Crippen MR) is 103 cm³/mol. The summed E-state index contributed by atoms with van der Waals surface area (Å²) in [7, 11) is 0. The van der Waals surface area contributed by atoms with Crippen molar-refractivity contribution in [2.45, 2.75) is 90.6 Å². The minimum atomic E-state index is -0.140. The van der Waals surface area contributed by atoms with Gasteiger partial charge in [0.1, 0.15) is 0 Å². The second-order valence-electron chi connectivity index (χ2n) is 8.76. The molecule has 0 aromatic heterocycles. The molecule has 2 saturated heterocycles. The zero-order chi connectivity index (χ0) is 18.2. The Labute approximate surface area is 160 Å². The summed E-state index contributed by atoms with van der Waals surface area (Å²) in [5, 5.41) is 0. The average Bonchev–Trinajstić information content (AvgIpc) is 2.70. The molecule has 0 N–H and O–H groups in total. The fourth-order valence-corrected chi connectivity index (χ4v) is 4.80. The Morgan fingerprint density at radius 3 is 1.81 bits per heavy atom. The molecule has 0 bridgehead atoms. The first-order valence-electron chi connectivity index (χ1n) is 11.3. The van der Waals surface area contributed by atoms with Crippen LogP contribution in [0.4, 0.5) is 0 Å². The van der Waals surface area contributed by atoms with Crippen LogP contribution in [-0.4, -0.2) is 39.0 Å². The van der Waals surface area contributed by atoms with Crippen molar-refractivity contribution in [3.8, 4) is 0 Å². The monoisotopic (exact) mass is 368 g/mol. The fourth-order valence-electron chi connectivity index (χ4n) is 4.80. The van der Waals surface area contributed by atoms with Gasteiger partial charge in [0.25, 0.3) is 0 Å². The molecule has 2 heterocycles. The lowest BCUT2D eigenvalue weighted by molar-refractivity contribution is -0.291. The summed E-state index contributed by atoms with van der Waals surface area (Å²) in [5.41, 5.74) is 0. The van der Waals surface area contributed by atoms with Gasteiger partial charge in [-0.1, -0.05) is 46.0 Å². The summed E-state index contributed by atoms with van der Waals surface area (Å²) in [5.74, 6) is 2.30. The Balaban J connectivity index is 1.32. The Kier molecular flexibility index (Phi) is 8.70. The van der Waals surface area contributed by atoms with Gasteiger partial charge in [-0.05, 0) is 38.0 Å². The van der Waals surface area contributed by atoms with Crippen LogP contribution < -0.4 is 0 Å². The van der Waals surface area contributed by atoms with Crippen LogP contribution in [0.5, 0.6) is 0 Å². The Morgan fingerprint density at radius 1 is 0.577 bits per heavy atom. The third-order valence-electron chi connectivity index (χ3n) is 6.52. The standard InChI is InChI=1S/C22H40O4/c1-3-5-6-8-18-13-23-22(24-14-18)20-15-25-21(26-16-20)19-11-9-17(7-4-2)10-12-19/h17-22H,3-16H2,1-2H3/t17-,18-,19-,20-,21-,22-. The van der Waals surface area contributed by atoms with Crippen molar-refractivity contribution >= 4 is 0 Å². The van der Waals surface area contributed by atoms with E-state index in [0.717, 1.165) is 19.1 Å². The van der Waals surface area contributed by atoms with Crippen LogP contribution in [0.15, 0.2) is 0 Å². The number of rotatable bonds is 8. The maximum atomic E-state index is 6.10. The molecule has 0 amide bonds. The molecular weight excluding hydrogens is 328 g/mol. The molecule has 152 valence electrons. The topological polar surface area (TPSA) is 36.9 Å². The smallest absolute Gasteiger partial charge is 0.164 e. The molecular formula is C22H40O4. The number of ether oxygens (including phenoxy) is 4. The second-order valence-corrected chi connectivity index (χ2v) is 8.76. The molecule has 1 saturated carbocycles.